The van der Waals surface area contributed by atoms with Gasteiger partial charge in [0.2, 0.25) is 12.2 Å². The lowest BCUT2D eigenvalue weighted by atomic mass is 11.5. The van der Waals surface area contributed by atoms with Crippen molar-refractivity contribution in [2.24, 2.45) is 0 Å². The molecule has 0 spiro atoms. The molecule has 0 amide bonds. The number of rotatable bonds is 0. The fraction of sp³-hybridized carbons (Fsp3) is 0. The average Bonchev–Trinajstić information content (AvgIpc) is 1.85. The maximum atomic E-state index is 8.56. The highest BCUT2D eigenvalue weighted by Crippen LogP contribution is 1.43. The first-order valence-electron chi connectivity index (χ1n) is 2.21. The first-order valence-corrected chi connectivity index (χ1v) is 2.21. The number of hydrogen-bond donors (Lipinski definition) is 6. The highest BCUT2D eigenvalue weighted by molar-refractivity contribution is 5.53. The number of hydrogen-bond acceptors (Lipinski definition) is 6. The van der Waals surface area contributed by atoms with Gasteiger partial charge in [0.1, 0.15) is 0 Å². The molecule has 0 aromatic carbocycles. The smallest absolute Gasteiger partial charge is 0.450 e. The summed E-state index contributed by atoms with van der Waals surface area (Å²) in [6.45, 7) is 0. The third kappa shape index (κ3) is 87.9. The zero-order valence-corrected chi connectivity index (χ0v) is 6.42. The Morgan fingerprint density at radius 1 is 0.786 bits per heavy atom. The Morgan fingerprint density at radius 3 is 0.786 bits per heavy atom. The molecule has 10 heteroatoms. The molecule has 0 aliphatic rings. The van der Waals surface area contributed by atoms with Crippen molar-refractivity contribution in [1.82, 2.24) is 0 Å². The Morgan fingerprint density at radius 2 is 0.786 bits per heavy atom. The van der Waals surface area contributed by atoms with Crippen LogP contribution in [-0.2, 0) is 9.59 Å². The van der Waals surface area contributed by atoms with Crippen molar-refractivity contribution in [3.63, 3.8) is 0 Å². The van der Waals surface area contributed by atoms with Gasteiger partial charge in [0.15, 0.2) is 0 Å². The van der Waals surface area contributed by atoms with Crippen molar-refractivity contribution < 1.29 is 39.6 Å². The van der Waals surface area contributed by atoms with E-state index >= 15 is 0 Å². The molecular weight excluding hydrogens is 204 g/mol. The van der Waals surface area contributed by atoms with E-state index in [1.807, 2.05) is 0 Å². The summed E-state index contributed by atoms with van der Waals surface area (Å²) in [6, 6.07) is 0. The molecule has 80 valence electrons. The monoisotopic (exact) mass is 210 g/mol. The highest BCUT2D eigenvalue weighted by atomic mass is 16.6. The number of carboxylic acid groups (broad SMARTS) is 4. The summed E-state index contributed by atoms with van der Waals surface area (Å²) in [6.07, 6.45) is -2.17. The molecule has 14 heavy (non-hydrogen) atoms. The van der Waals surface area contributed by atoms with Crippen molar-refractivity contribution in [2.45, 2.75) is 0 Å². The standard InChI is InChI=1S/2CHNO.2CH2O3/c2*2-1-3;2*2-1(3)4/h2*2H;2*(H2,2,3,4). The van der Waals surface area contributed by atoms with Gasteiger partial charge < -0.3 is 20.4 Å². The zero-order chi connectivity index (χ0) is 12.6. The van der Waals surface area contributed by atoms with Crippen LogP contribution in [0.25, 0.3) is 0 Å². The summed E-state index contributed by atoms with van der Waals surface area (Å²) in [5, 5.41) is 38.7. The highest BCUT2D eigenvalue weighted by Gasteiger charge is 1.70. The Balaban J connectivity index is -0.0000000482. The predicted octanol–water partition coefficient (Wildman–Crippen LogP) is 0.247. The Labute approximate surface area is 76.0 Å². The van der Waals surface area contributed by atoms with Gasteiger partial charge in [-0.1, -0.05) is 0 Å². The fourth-order valence-corrected chi connectivity index (χ4v) is 0. The van der Waals surface area contributed by atoms with Crippen molar-refractivity contribution in [2.75, 3.05) is 0 Å². The molecule has 0 rings (SSSR count). The molecule has 6 N–H and O–H groups in total. The van der Waals surface area contributed by atoms with Crippen LogP contribution < -0.4 is 0 Å². The molecule has 0 aromatic heterocycles. The van der Waals surface area contributed by atoms with Crippen molar-refractivity contribution in [3.8, 4) is 0 Å². The largest absolute Gasteiger partial charge is 0.503 e. The third-order valence-corrected chi connectivity index (χ3v) is 0. The van der Waals surface area contributed by atoms with Crippen molar-refractivity contribution in [1.29, 1.82) is 10.8 Å². The second-order valence-electron chi connectivity index (χ2n) is 0.769. The summed E-state index contributed by atoms with van der Waals surface area (Å²) in [5.41, 5.74) is 0. The van der Waals surface area contributed by atoms with E-state index in [0.29, 0.717) is 0 Å². The van der Waals surface area contributed by atoms with Crippen LogP contribution in [0.1, 0.15) is 0 Å². The van der Waals surface area contributed by atoms with Gasteiger partial charge in [-0.25, -0.2) is 30.0 Å². The van der Waals surface area contributed by atoms with Crippen molar-refractivity contribution in [3.05, 3.63) is 0 Å². The molecule has 0 aliphatic heterocycles. The van der Waals surface area contributed by atoms with Gasteiger partial charge in [0, 0.05) is 0 Å². The quantitative estimate of drug-likeness (QED) is 0.241. The van der Waals surface area contributed by atoms with Crippen LogP contribution >= 0.6 is 0 Å². The van der Waals surface area contributed by atoms with Crippen LogP contribution in [-0.4, -0.2) is 44.9 Å². The molecule has 10 nitrogen and oxygen atoms in total. The van der Waals surface area contributed by atoms with E-state index in [2.05, 4.69) is 0 Å². The van der Waals surface area contributed by atoms with Gasteiger partial charge in [-0.05, 0) is 0 Å². The van der Waals surface area contributed by atoms with Crippen molar-refractivity contribution >= 4 is 24.5 Å². The fourth-order valence-electron chi connectivity index (χ4n) is 0. The summed E-state index contributed by atoms with van der Waals surface area (Å²) in [5.74, 6) is 0. The van der Waals surface area contributed by atoms with Crippen LogP contribution in [0.2, 0.25) is 0 Å². The minimum atomic E-state index is -1.83. The summed E-state index contributed by atoms with van der Waals surface area (Å²) in [7, 11) is 0. The van der Waals surface area contributed by atoms with E-state index in [0.717, 1.165) is 12.2 Å². The molecular formula is C4H6N2O8. The molecule has 0 radical (unpaired) electrons. The van der Waals surface area contributed by atoms with Crippen LogP contribution in [0.4, 0.5) is 9.59 Å². The number of carbonyl (C=O) groups is 2. The molecule has 0 aromatic rings. The number of carbonyl (C=O) groups excluding carboxylic acids is 2. The SMILES string of the molecule is N=C=O.N=C=O.O=C(O)O.O=C(O)O. The molecule has 0 atom stereocenters. The first kappa shape index (κ1) is 22.5. The second kappa shape index (κ2) is 31.7. The molecule has 0 saturated heterocycles. The summed E-state index contributed by atoms with van der Waals surface area (Å²) >= 11 is 0. The topological polar surface area (TPSA) is 197 Å². The van der Waals surface area contributed by atoms with Crippen LogP contribution in [0.5, 0.6) is 0 Å². The Kier molecular flexibility index (Phi) is 51.0. The average molecular weight is 210 g/mol. The van der Waals surface area contributed by atoms with Gasteiger partial charge in [-0.3, -0.25) is 0 Å². The summed E-state index contributed by atoms with van der Waals surface area (Å²) < 4.78 is 0. The Hall–Kier alpha value is -2.70. The van der Waals surface area contributed by atoms with Gasteiger partial charge in [-0.15, -0.1) is 0 Å². The van der Waals surface area contributed by atoms with E-state index < -0.39 is 12.3 Å². The third-order valence-electron chi connectivity index (χ3n) is 0. The van der Waals surface area contributed by atoms with Gasteiger partial charge in [0.05, 0.1) is 0 Å². The van der Waals surface area contributed by atoms with Gasteiger partial charge in [-0.2, -0.15) is 0 Å². The molecule has 0 aliphatic carbocycles. The normalized spacial score (nSPS) is 4.57. The molecule has 0 fully saturated rings. The number of nitrogens with one attached hydrogen (secondary N) is 2. The molecule has 0 heterocycles. The minimum Gasteiger partial charge on any atom is -0.450 e. The maximum Gasteiger partial charge on any atom is 0.503 e. The Bertz CT molecular complexity index is 179. The predicted molar refractivity (Wildman–Crippen MR) is 38.1 cm³/mol. The van der Waals surface area contributed by atoms with E-state index in [4.69, 9.17) is 50.4 Å². The number of isocyanates is 2. The lowest BCUT2D eigenvalue weighted by molar-refractivity contribution is 0.135. The molecule has 0 unspecified atom stereocenters. The van der Waals surface area contributed by atoms with Gasteiger partial charge in [0.25, 0.3) is 0 Å². The lowest BCUT2D eigenvalue weighted by Crippen LogP contribution is -1.81. The van der Waals surface area contributed by atoms with E-state index in [1.54, 1.807) is 0 Å². The van der Waals surface area contributed by atoms with E-state index in [-0.39, 0.29) is 0 Å². The van der Waals surface area contributed by atoms with E-state index in [9.17, 15) is 0 Å². The van der Waals surface area contributed by atoms with Crippen LogP contribution in [0, 0.1) is 10.8 Å². The summed E-state index contributed by atoms with van der Waals surface area (Å²) in [4.78, 5) is 33.8. The zero-order valence-electron chi connectivity index (χ0n) is 6.42. The van der Waals surface area contributed by atoms with Crippen LogP contribution in [0.15, 0.2) is 0 Å². The van der Waals surface area contributed by atoms with Gasteiger partial charge >= 0.3 is 12.3 Å². The lowest BCUT2D eigenvalue weighted by Gasteiger charge is -1.60. The van der Waals surface area contributed by atoms with E-state index in [1.165, 1.54) is 0 Å². The second-order valence-corrected chi connectivity index (χ2v) is 0.769. The first-order chi connectivity index (χ1) is 6.29. The minimum absolute atomic E-state index is 0.750. The maximum absolute atomic E-state index is 8.56. The molecule has 0 bridgehead atoms. The molecule has 0 saturated carbocycles. The van der Waals surface area contributed by atoms with Crippen LogP contribution in [0.3, 0.4) is 0 Å².